The lowest BCUT2D eigenvalue weighted by atomic mass is 9.95. The minimum absolute atomic E-state index is 1.09. The van der Waals surface area contributed by atoms with Crippen molar-refractivity contribution in [3.63, 3.8) is 0 Å². The van der Waals surface area contributed by atoms with Gasteiger partial charge in [-0.15, -0.1) is 0 Å². The topological polar surface area (TPSA) is 15.3 Å². The molecule has 590 valence electrons. The molecule has 4 heteroatoms. The maximum atomic E-state index is 2.44. The van der Waals surface area contributed by atoms with Crippen LogP contribution in [0.1, 0.15) is 0 Å². The Morgan fingerprint density at radius 2 is 0.349 bits per heavy atom. The van der Waals surface area contributed by atoms with E-state index in [0.29, 0.717) is 0 Å². The monoisotopic (exact) mass is 1600 g/mol. The molecule has 24 aromatic rings. The van der Waals surface area contributed by atoms with Crippen LogP contribution < -0.4 is 9.80 Å². The average molecular weight is 1600 g/mol. The Labute approximate surface area is 732 Å². The largest absolute Gasteiger partial charge is 0.311 e. The van der Waals surface area contributed by atoms with Gasteiger partial charge in [-0.25, -0.2) is 0 Å². The van der Waals surface area contributed by atoms with Crippen molar-refractivity contribution in [1.29, 1.82) is 0 Å². The fourth-order valence-corrected chi connectivity index (χ4v) is 19.4. The Morgan fingerprint density at radius 3 is 0.675 bits per heavy atom. The quantitative estimate of drug-likeness (QED) is 0.102. The summed E-state index contributed by atoms with van der Waals surface area (Å²) in [6.45, 7) is 0. The summed E-state index contributed by atoms with van der Waals surface area (Å²) < 4.78 is 4.88. The molecule has 0 radical (unpaired) electrons. The molecule has 0 bridgehead atoms. The predicted octanol–water partition coefficient (Wildman–Crippen LogP) is 33.9. The van der Waals surface area contributed by atoms with Crippen molar-refractivity contribution in [1.82, 2.24) is 8.80 Å². The lowest BCUT2D eigenvalue weighted by Gasteiger charge is -2.26. The Hall–Kier alpha value is -16.7. The van der Waals surface area contributed by atoms with Gasteiger partial charge >= 0.3 is 0 Å². The number of hydrogen-bond acceptors (Lipinski definition) is 2. The minimum Gasteiger partial charge on any atom is -0.311 e. The first kappa shape index (κ1) is 74.4. The lowest BCUT2D eigenvalue weighted by Crippen LogP contribution is -2.09. The highest BCUT2D eigenvalue weighted by Gasteiger charge is 2.24. The van der Waals surface area contributed by atoms with Crippen LogP contribution in [0.2, 0.25) is 0 Å². The zero-order valence-corrected chi connectivity index (χ0v) is 69.1. The highest BCUT2D eigenvalue weighted by atomic mass is 15.1. The number of fused-ring (bicyclic) bond motifs is 13. The summed E-state index contributed by atoms with van der Waals surface area (Å²) in [7, 11) is 0. The van der Waals surface area contributed by atoms with Gasteiger partial charge in [0.25, 0.3) is 0 Å². The van der Waals surface area contributed by atoms with Crippen molar-refractivity contribution in [3.8, 4) is 100 Å². The highest BCUT2D eigenvalue weighted by Crippen LogP contribution is 2.48. The normalized spacial score (nSPS) is 11.5. The molecule has 0 unspecified atom stereocenters. The first-order chi connectivity index (χ1) is 62.5. The number of nitrogens with zero attached hydrogens (tertiary/aromatic N) is 4. The fourth-order valence-electron chi connectivity index (χ4n) is 19.4. The summed E-state index contributed by atoms with van der Waals surface area (Å²) in [4.78, 5) is 4.74. The molecule has 24 rings (SSSR count). The molecular formula is C122H82N4. The molecule has 0 saturated carbocycles. The van der Waals surface area contributed by atoms with E-state index >= 15 is 0 Å². The Kier molecular flexibility index (Phi) is 18.9. The van der Waals surface area contributed by atoms with E-state index < -0.39 is 0 Å². The van der Waals surface area contributed by atoms with Gasteiger partial charge in [-0.1, -0.05) is 388 Å². The molecule has 0 fully saturated rings. The van der Waals surface area contributed by atoms with Crippen LogP contribution in [0.4, 0.5) is 34.1 Å². The van der Waals surface area contributed by atoms with Crippen molar-refractivity contribution in [2.75, 3.05) is 9.80 Å². The number of benzene rings is 20. The summed E-state index contributed by atoms with van der Waals surface area (Å²) in [5.74, 6) is 0. The van der Waals surface area contributed by atoms with Crippen LogP contribution in [0.25, 0.3) is 187 Å². The molecule has 0 aliphatic heterocycles. The zero-order chi connectivity index (χ0) is 83.4. The second-order valence-corrected chi connectivity index (χ2v) is 32.6. The molecule has 0 atom stereocenters. The molecule has 126 heavy (non-hydrogen) atoms. The van der Waals surface area contributed by atoms with Gasteiger partial charge in [0.1, 0.15) is 0 Å². The Balaban J connectivity index is 0.000000145. The van der Waals surface area contributed by atoms with Gasteiger partial charge in [0.05, 0.1) is 33.1 Å². The van der Waals surface area contributed by atoms with Crippen molar-refractivity contribution < 1.29 is 0 Å². The van der Waals surface area contributed by atoms with Crippen molar-refractivity contribution in [2.24, 2.45) is 0 Å². The molecule has 0 spiro atoms. The SMILES string of the molecule is c1ccc(-c2c3c(-c4ccc(N(c5ccc(-c6cccc7ccccc67)cc5)c5ccc(-c6cccc7ccccc67)cc5)cc4)cccc3n3c2ccc2ccccc23)cc1.c1ccc(-c2ccc(-c3ccc(N(c4ccc(-c5cccc6ccccc56)cc4)c4ccc(-c5cccc6c5c(-c5ccccc5)c5ccc7ccccc7n56)cc4)cc3)cc2)cc1. The number of aromatic nitrogens is 2. The van der Waals surface area contributed by atoms with Crippen LogP contribution in [0.15, 0.2) is 497 Å². The zero-order valence-electron chi connectivity index (χ0n) is 69.1. The van der Waals surface area contributed by atoms with E-state index in [2.05, 4.69) is 516 Å². The van der Waals surface area contributed by atoms with Gasteiger partial charge in [-0.05, 0) is 241 Å². The standard InChI is InChI=1S/C62H42N2.C60H40N2/c1-3-13-43(14-4-1)44-25-27-45(28-26-44)46-29-36-52(37-30-46)63(53-38-31-48(32-39-53)56-21-11-19-47-15-7-9-20-55(47)56)54-40-33-49(34-41-54)57-22-12-24-59-62(57)61(51-17-5-2-6-18-51)60-42-35-50-16-8-10-23-58(50)64(59)60;1-2-16-47(17-3-1)59-58-40-33-46-15-6-9-25-56(46)62(58)57-26-12-24-55(60(57)59)45-31-38-50(39-32-45)61(48-34-27-43(28-35-48)53-22-10-18-41-13-4-7-20-51(41)53)49-36-29-44(30-37-49)54-23-11-19-42-14-5-8-21-52(42)54/h1-42H;1-40H. The summed E-state index contributed by atoms with van der Waals surface area (Å²) in [6, 6.07) is 181. The van der Waals surface area contributed by atoms with Gasteiger partial charge < -0.3 is 18.6 Å². The first-order valence-electron chi connectivity index (χ1n) is 43.3. The van der Waals surface area contributed by atoms with Gasteiger partial charge in [0, 0.05) is 56.0 Å². The predicted molar refractivity (Wildman–Crippen MR) is 536 cm³/mol. The van der Waals surface area contributed by atoms with E-state index in [0.717, 1.165) is 34.1 Å². The number of hydrogen-bond donors (Lipinski definition) is 0. The second kappa shape index (κ2) is 32.1. The number of rotatable bonds is 15. The van der Waals surface area contributed by atoms with Crippen LogP contribution >= 0.6 is 0 Å². The van der Waals surface area contributed by atoms with Crippen LogP contribution in [0.3, 0.4) is 0 Å². The molecule has 0 saturated heterocycles. The molecule has 0 amide bonds. The molecule has 20 aromatic carbocycles. The number of pyridine rings is 2. The van der Waals surface area contributed by atoms with E-state index in [1.807, 2.05) is 0 Å². The van der Waals surface area contributed by atoms with E-state index in [-0.39, 0.29) is 0 Å². The van der Waals surface area contributed by atoms with Crippen molar-refractivity contribution in [3.05, 3.63) is 497 Å². The number of para-hydroxylation sites is 2. The number of anilines is 6. The molecule has 4 aromatic heterocycles. The average Bonchev–Trinajstić information content (AvgIpc) is 1.57. The second-order valence-electron chi connectivity index (χ2n) is 32.6. The van der Waals surface area contributed by atoms with Crippen molar-refractivity contribution >= 4 is 121 Å². The fraction of sp³-hybridized carbons (Fsp3) is 0. The van der Waals surface area contributed by atoms with Crippen molar-refractivity contribution in [2.45, 2.75) is 0 Å². The van der Waals surface area contributed by atoms with Crippen LogP contribution in [0.5, 0.6) is 0 Å². The summed E-state index contributed by atoms with van der Waals surface area (Å²) in [6.07, 6.45) is 0. The van der Waals surface area contributed by atoms with E-state index in [1.165, 1.54) is 187 Å². The molecule has 0 aliphatic rings. The third-order valence-corrected chi connectivity index (χ3v) is 25.4. The van der Waals surface area contributed by atoms with Crippen LogP contribution in [0, 0.1) is 0 Å². The van der Waals surface area contributed by atoms with Gasteiger partial charge in [0.2, 0.25) is 0 Å². The highest BCUT2D eigenvalue weighted by molar-refractivity contribution is 6.17. The summed E-state index contributed by atoms with van der Waals surface area (Å²) >= 11 is 0. The molecule has 4 heterocycles. The molecular weight excluding hydrogens is 1520 g/mol. The van der Waals surface area contributed by atoms with Gasteiger partial charge in [-0.2, -0.15) is 0 Å². The molecule has 0 aliphatic carbocycles. The summed E-state index contributed by atoms with van der Waals surface area (Å²) in [5.41, 5.74) is 35.6. The van der Waals surface area contributed by atoms with E-state index in [1.54, 1.807) is 0 Å². The molecule has 4 nitrogen and oxygen atoms in total. The smallest absolute Gasteiger partial charge is 0.0547 e. The third kappa shape index (κ3) is 13.5. The van der Waals surface area contributed by atoms with Gasteiger partial charge in [-0.3, -0.25) is 0 Å². The minimum atomic E-state index is 1.09. The molecule has 0 N–H and O–H groups in total. The maximum Gasteiger partial charge on any atom is 0.0547 e. The maximum absolute atomic E-state index is 2.44. The first-order valence-corrected chi connectivity index (χ1v) is 43.3. The van der Waals surface area contributed by atoms with Crippen LogP contribution in [-0.2, 0) is 0 Å². The Morgan fingerprint density at radius 1 is 0.127 bits per heavy atom. The van der Waals surface area contributed by atoms with Gasteiger partial charge in [0.15, 0.2) is 0 Å². The van der Waals surface area contributed by atoms with E-state index in [4.69, 9.17) is 0 Å². The van der Waals surface area contributed by atoms with Crippen LogP contribution in [-0.4, -0.2) is 8.80 Å². The Bertz CT molecular complexity index is 8040. The summed E-state index contributed by atoms with van der Waals surface area (Å²) in [5, 5.41) is 12.5. The third-order valence-electron chi connectivity index (χ3n) is 25.4. The lowest BCUT2D eigenvalue weighted by molar-refractivity contribution is 1.28. The van der Waals surface area contributed by atoms with E-state index in [9.17, 15) is 0 Å².